The van der Waals surface area contributed by atoms with Gasteiger partial charge in [0.2, 0.25) is 0 Å². The average molecular weight is 174 g/mol. The Balaban J connectivity index is 2.74. The number of rotatable bonds is 2. The van der Waals surface area contributed by atoms with E-state index in [9.17, 15) is 25.0 Å². The first-order valence-corrected chi connectivity index (χ1v) is 3.34. The molecule has 0 radical (unpaired) electrons. The van der Waals surface area contributed by atoms with Gasteiger partial charge in [-0.25, -0.2) is 0 Å². The van der Waals surface area contributed by atoms with Crippen molar-refractivity contribution in [3.05, 3.63) is 20.2 Å². The predicted molar refractivity (Wildman–Crippen MR) is 35.8 cm³/mol. The summed E-state index contributed by atoms with van der Waals surface area (Å²) < 4.78 is 0. The molecule has 1 aliphatic rings. The first kappa shape index (κ1) is 8.57. The second-order valence-electron chi connectivity index (χ2n) is 2.58. The van der Waals surface area contributed by atoms with Crippen LogP contribution in [0, 0.1) is 20.2 Å². The van der Waals surface area contributed by atoms with Crippen LogP contribution in [0.15, 0.2) is 0 Å². The molecule has 2 unspecified atom stereocenters. The van der Waals surface area contributed by atoms with Gasteiger partial charge in [0.15, 0.2) is 0 Å². The van der Waals surface area contributed by atoms with Crippen molar-refractivity contribution in [3.8, 4) is 0 Å². The van der Waals surface area contributed by atoms with Gasteiger partial charge in [-0.2, -0.15) is 0 Å². The SMILES string of the molecule is O=C1C([N+](=O)[O-])CCC1[N+](=O)[O-]. The number of Topliss-reactive ketones (excluding diaryl/α,β-unsaturated/α-hetero) is 1. The molecule has 7 heteroatoms. The quantitative estimate of drug-likeness (QED) is 0.420. The van der Waals surface area contributed by atoms with Crippen LogP contribution in [0.4, 0.5) is 0 Å². The topological polar surface area (TPSA) is 103 Å². The van der Waals surface area contributed by atoms with Crippen molar-refractivity contribution in [1.29, 1.82) is 0 Å². The second-order valence-corrected chi connectivity index (χ2v) is 2.58. The zero-order valence-corrected chi connectivity index (χ0v) is 6.00. The molecule has 66 valence electrons. The van der Waals surface area contributed by atoms with Gasteiger partial charge in [-0.05, 0) is 0 Å². The molecule has 0 bridgehead atoms. The Bertz CT molecular complexity index is 226. The Labute approximate surface area is 66.7 Å². The molecule has 2 atom stereocenters. The Morgan fingerprint density at radius 1 is 1.08 bits per heavy atom. The van der Waals surface area contributed by atoms with Gasteiger partial charge >= 0.3 is 0 Å². The van der Waals surface area contributed by atoms with Crippen molar-refractivity contribution >= 4 is 5.78 Å². The van der Waals surface area contributed by atoms with Crippen molar-refractivity contribution in [2.75, 3.05) is 0 Å². The Hall–Kier alpha value is -1.53. The van der Waals surface area contributed by atoms with Gasteiger partial charge in [0.1, 0.15) is 0 Å². The Morgan fingerprint density at radius 2 is 1.42 bits per heavy atom. The lowest BCUT2D eigenvalue weighted by Crippen LogP contribution is -2.33. The molecule has 0 aromatic heterocycles. The molecule has 1 rings (SSSR count). The van der Waals surface area contributed by atoms with Crippen molar-refractivity contribution in [1.82, 2.24) is 0 Å². The fourth-order valence-corrected chi connectivity index (χ4v) is 1.24. The van der Waals surface area contributed by atoms with Gasteiger partial charge in [0.25, 0.3) is 17.9 Å². The fourth-order valence-electron chi connectivity index (χ4n) is 1.24. The van der Waals surface area contributed by atoms with E-state index < -0.39 is 27.7 Å². The van der Waals surface area contributed by atoms with E-state index in [1.54, 1.807) is 0 Å². The normalized spacial score (nSPS) is 28.8. The number of nitro groups is 2. The molecule has 0 saturated heterocycles. The number of carbonyl (C=O) groups is 1. The fraction of sp³-hybridized carbons (Fsp3) is 0.800. The molecule has 0 amide bonds. The summed E-state index contributed by atoms with van der Waals surface area (Å²) in [4.78, 5) is 29.7. The highest BCUT2D eigenvalue weighted by Gasteiger charge is 2.49. The zero-order chi connectivity index (χ0) is 9.30. The minimum Gasteiger partial charge on any atom is -0.284 e. The van der Waals surface area contributed by atoms with E-state index in [4.69, 9.17) is 0 Å². The molecule has 0 N–H and O–H groups in total. The maximum absolute atomic E-state index is 10.9. The molecule has 12 heavy (non-hydrogen) atoms. The van der Waals surface area contributed by atoms with Crippen LogP contribution in [0.3, 0.4) is 0 Å². The van der Waals surface area contributed by atoms with E-state index in [1.165, 1.54) is 0 Å². The molecule has 0 spiro atoms. The van der Waals surface area contributed by atoms with Crippen LogP contribution < -0.4 is 0 Å². The molecule has 0 aromatic rings. The van der Waals surface area contributed by atoms with Gasteiger partial charge in [0, 0.05) is 22.7 Å². The summed E-state index contributed by atoms with van der Waals surface area (Å²) in [6, 6.07) is -2.72. The molecule has 7 nitrogen and oxygen atoms in total. The first-order valence-electron chi connectivity index (χ1n) is 3.34. The number of hydrogen-bond donors (Lipinski definition) is 0. The van der Waals surface area contributed by atoms with Crippen LogP contribution in [-0.4, -0.2) is 27.7 Å². The van der Waals surface area contributed by atoms with Crippen molar-refractivity contribution in [3.63, 3.8) is 0 Å². The van der Waals surface area contributed by atoms with E-state index >= 15 is 0 Å². The van der Waals surface area contributed by atoms with E-state index in [1.807, 2.05) is 0 Å². The number of nitrogens with zero attached hydrogens (tertiary/aromatic N) is 2. The third-order valence-corrected chi connectivity index (χ3v) is 1.88. The predicted octanol–water partition coefficient (Wildman–Crippen LogP) is -0.360. The number of carbonyl (C=O) groups excluding carboxylic acids is 1. The molecule has 1 aliphatic carbocycles. The van der Waals surface area contributed by atoms with Crippen molar-refractivity contribution in [2.45, 2.75) is 24.9 Å². The molecule has 1 saturated carbocycles. The highest BCUT2D eigenvalue weighted by atomic mass is 16.6. The van der Waals surface area contributed by atoms with Crippen LogP contribution in [0.1, 0.15) is 12.8 Å². The van der Waals surface area contributed by atoms with E-state index in [-0.39, 0.29) is 12.8 Å². The minimum atomic E-state index is -1.36. The van der Waals surface area contributed by atoms with E-state index in [0.29, 0.717) is 0 Å². The lowest BCUT2D eigenvalue weighted by atomic mass is 10.2. The molecular formula is C5H6N2O5. The summed E-state index contributed by atoms with van der Waals surface area (Å²) in [7, 11) is 0. The van der Waals surface area contributed by atoms with Gasteiger partial charge in [-0.3, -0.25) is 25.0 Å². The Kier molecular flexibility index (Phi) is 2.03. The van der Waals surface area contributed by atoms with Gasteiger partial charge in [-0.1, -0.05) is 0 Å². The maximum atomic E-state index is 10.9. The molecular weight excluding hydrogens is 168 g/mol. The third kappa shape index (κ3) is 1.25. The summed E-state index contributed by atoms with van der Waals surface area (Å²) in [5.74, 6) is -0.870. The smallest absolute Gasteiger partial charge is 0.279 e. The summed E-state index contributed by atoms with van der Waals surface area (Å²) in [6.07, 6.45) is -0.0328. The third-order valence-electron chi connectivity index (χ3n) is 1.88. The highest BCUT2D eigenvalue weighted by molar-refractivity contribution is 5.88. The Morgan fingerprint density at radius 3 is 1.58 bits per heavy atom. The van der Waals surface area contributed by atoms with Crippen LogP contribution in [0.2, 0.25) is 0 Å². The molecule has 0 heterocycles. The average Bonchev–Trinajstić information content (AvgIpc) is 2.30. The van der Waals surface area contributed by atoms with Crippen LogP contribution in [0.5, 0.6) is 0 Å². The minimum absolute atomic E-state index is 0.0164. The van der Waals surface area contributed by atoms with E-state index in [2.05, 4.69) is 0 Å². The summed E-state index contributed by atoms with van der Waals surface area (Å²) in [5, 5.41) is 20.3. The summed E-state index contributed by atoms with van der Waals surface area (Å²) in [5.41, 5.74) is 0. The van der Waals surface area contributed by atoms with Gasteiger partial charge in [0.05, 0.1) is 0 Å². The lowest BCUT2D eigenvalue weighted by Gasteiger charge is -1.97. The van der Waals surface area contributed by atoms with Gasteiger partial charge < -0.3 is 0 Å². The summed E-state index contributed by atoms with van der Waals surface area (Å²) in [6.45, 7) is 0. The van der Waals surface area contributed by atoms with Crippen LogP contribution in [0.25, 0.3) is 0 Å². The van der Waals surface area contributed by atoms with Crippen molar-refractivity contribution < 1.29 is 14.6 Å². The highest BCUT2D eigenvalue weighted by Crippen LogP contribution is 2.19. The van der Waals surface area contributed by atoms with Gasteiger partial charge in [-0.15, -0.1) is 0 Å². The van der Waals surface area contributed by atoms with Crippen LogP contribution >= 0.6 is 0 Å². The summed E-state index contributed by atoms with van der Waals surface area (Å²) >= 11 is 0. The second kappa shape index (κ2) is 2.84. The molecule has 1 fully saturated rings. The standard InChI is InChI=1S/C5H6N2O5/c8-5-3(6(9)10)1-2-4(5)7(11)12/h3-4H,1-2H2. The van der Waals surface area contributed by atoms with Crippen molar-refractivity contribution in [2.24, 2.45) is 0 Å². The monoisotopic (exact) mass is 174 g/mol. The maximum Gasteiger partial charge on any atom is 0.279 e. The number of ketones is 1. The largest absolute Gasteiger partial charge is 0.284 e. The first-order chi connectivity index (χ1) is 5.54. The number of hydrogen-bond acceptors (Lipinski definition) is 5. The van der Waals surface area contributed by atoms with E-state index in [0.717, 1.165) is 0 Å². The molecule has 0 aliphatic heterocycles. The lowest BCUT2D eigenvalue weighted by molar-refractivity contribution is -0.516. The van der Waals surface area contributed by atoms with Crippen LogP contribution in [-0.2, 0) is 4.79 Å². The molecule has 0 aromatic carbocycles. The zero-order valence-electron chi connectivity index (χ0n) is 6.00.